The maximum Gasteiger partial charge on any atom is 0.252 e. The first kappa shape index (κ1) is 15.8. The third-order valence-electron chi connectivity index (χ3n) is 3.35. The molecule has 120 valence electrons. The van der Waals surface area contributed by atoms with Crippen molar-refractivity contribution in [2.75, 3.05) is 10.6 Å². The Morgan fingerprint density at radius 3 is 2.70 bits per heavy atom. The molecule has 0 fully saturated rings. The van der Waals surface area contributed by atoms with Gasteiger partial charge in [-0.2, -0.15) is 10.1 Å². The van der Waals surface area contributed by atoms with Gasteiger partial charge in [0.25, 0.3) is 5.91 Å². The monoisotopic (exact) mass is 353 g/mol. The largest absolute Gasteiger partial charge is 0.326 e. The number of hydrogen-bond acceptors (Lipinski definition) is 4. The molecule has 0 aliphatic carbocycles. The summed E-state index contributed by atoms with van der Waals surface area (Å²) in [7, 11) is 0. The standard InChI is InChI=1S/C14H13Cl2N5O2/c1-2-11-18-14-19-13(23)10(21(14)20-11)6-12(22)17-9-4-7(15)3-8(16)5-9/h3-5,10H,2,6H2,1H3,(H,17,22)(H,18,19,20,23). The van der Waals surface area contributed by atoms with Crippen LogP contribution in [0.3, 0.4) is 0 Å². The van der Waals surface area contributed by atoms with Gasteiger partial charge in [0.1, 0.15) is 6.04 Å². The van der Waals surface area contributed by atoms with Crippen molar-refractivity contribution in [3.63, 3.8) is 0 Å². The quantitative estimate of drug-likeness (QED) is 0.884. The fourth-order valence-corrected chi connectivity index (χ4v) is 2.84. The number of fused-ring (bicyclic) bond motifs is 1. The Morgan fingerprint density at radius 2 is 2.04 bits per heavy atom. The van der Waals surface area contributed by atoms with Gasteiger partial charge in [-0.3, -0.25) is 14.9 Å². The summed E-state index contributed by atoms with van der Waals surface area (Å²) < 4.78 is 1.45. The maximum atomic E-state index is 12.2. The van der Waals surface area contributed by atoms with Crippen LogP contribution in [0.4, 0.5) is 11.6 Å². The van der Waals surface area contributed by atoms with Crippen molar-refractivity contribution < 1.29 is 9.59 Å². The molecule has 0 saturated heterocycles. The Morgan fingerprint density at radius 1 is 1.35 bits per heavy atom. The number of amides is 2. The van der Waals surface area contributed by atoms with Crippen LogP contribution in [0, 0.1) is 0 Å². The predicted octanol–water partition coefficient (Wildman–Crippen LogP) is 2.67. The number of aryl methyl sites for hydroxylation is 1. The molecule has 23 heavy (non-hydrogen) atoms. The Hall–Kier alpha value is -2.12. The molecule has 1 aromatic carbocycles. The van der Waals surface area contributed by atoms with Crippen molar-refractivity contribution in [1.82, 2.24) is 14.8 Å². The second-order valence-corrected chi connectivity index (χ2v) is 5.94. The van der Waals surface area contributed by atoms with E-state index in [4.69, 9.17) is 23.2 Å². The van der Waals surface area contributed by atoms with Gasteiger partial charge in [-0.1, -0.05) is 30.1 Å². The maximum absolute atomic E-state index is 12.2. The van der Waals surface area contributed by atoms with Crippen LogP contribution in [0.1, 0.15) is 25.2 Å². The first-order valence-corrected chi connectivity index (χ1v) is 7.74. The lowest BCUT2D eigenvalue weighted by atomic mass is 10.2. The normalized spacial score (nSPS) is 16.1. The molecule has 2 heterocycles. The molecule has 0 spiro atoms. The van der Waals surface area contributed by atoms with Crippen LogP contribution in [0.2, 0.25) is 10.0 Å². The highest BCUT2D eigenvalue weighted by atomic mass is 35.5. The second kappa shape index (κ2) is 6.17. The number of hydrogen-bond donors (Lipinski definition) is 2. The van der Waals surface area contributed by atoms with Gasteiger partial charge in [0, 0.05) is 22.2 Å². The summed E-state index contributed by atoms with van der Waals surface area (Å²) in [6, 6.07) is 4.01. The van der Waals surface area contributed by atoms with E-state index in [-0.39, 0.29) is 18.2 Å². The van der Waals surface area contributed by atoms with E-state index < -0.39 is 6.04 Å². The van der Waals surface area contributed by atoms with Gasteiger partial charge in [-0.05, 0) is 18.2 Å². The molecular weight excluding hydrogens is 341 g/mol. The highest BCUT2D eigenvalue weighted by molar-refractivity contribution is 6.35. The zero-order chi connectivity index (χ0) is 16.6. The first-order valence-electron chi connectivity index (χ1n) is 6.98. The van der Waals surface area contributed by atoms with Gasteiger partial charge in [0.05, 0.1) is 6.42 Å². The number of halogens is 2. The van der Waals surface area contributed by atoms with Gasteiger partial charge in [0.15, 0.2) is 5.82 Å². The van der Waals surface area contributed by atoms with Gasteiger partial charge < -0.3 is 5.32 Å². The minimum absolute atomic E-state index is 0.0600. The molecule has 2 aromatic rings. The molecule has 1 aliphatic heterocycles. The van der Waals surface area contributed by atoms with Crippen LogP contribution < -0.4 is 10.6 Å². The molecular formula is C14H13Cl2N5O2. The summed E-state index contributed by atoms with van der Waals surface area (Å²) in [6.07, 6.45) is 0.589. The molecule has 9 heteroatoms. The van der Waals surface area contributed by atoms with E-state index in [1.165, 1.54) is 4.68 Å². The van der Waals surface area contributed by atoms with E-state index >= 15 is 0 Å². The molecule has 1 atom stereocenters. The molecule has 2 amide bonds. The van der Waals surface area contributed by atoms with Crippen LogP contribution in [0.15, 0.2) is 18.2 Å². The van der Waals surface area contributed by atoms with Crippen LogP contribution >= 0.6 is 23.2 Å². The fraction of sp³-hybridized carbons (Fsp3) is 0.286. The third kappa shape index (κ3) is 3.30. The predicted molar refractivity (Wildman–Crippen MR) is 86.8 cm³/mol. The average molecular weight is 354 g/mol. The lowest BCUT2D eigenvalue weighted by molar-refractivity contribution is -0.123. The van der Waals surface area contributed by atoms with Gasteiger partial charge >= 0.3 is 0 Å². The van der Waals surface area contributed by atoms with Gasteiger partial charge in [0.2, 0.25) is 11.9 Å². The molecule has 1 aromatic heterocycles. The van der Waals surface area contributed by atoms with Crippen molar-refractivity contribution in [2.24, 2.45) is 0 Å². The minimum Gasteiger partial charge on any atom is -0.326 e. The van der Waals surface area contributed by atoms with Gasteiger partial charge in [-0.15, -0.1) is 0 Å². The summed E-state index contributed by atoms with van der Waals surface area (Å²) >= 11 is 11.8. The Balaban J connectivity index is 1.73. The number of nitrogens with one attached hydrogen (secondary N) is 2. The van der Waals surface area contributed by atoms with Crippen molar-refractivity contribution in [3.8, 4) is 0 Å². The molecule has 2 N–H and O–H groups in total. The molecule has 1 aliphatic rings. The van der Waals surface area contributed by atoms with Crippen molar-refractivity contribution in [1.29, 1.82) is 0 Å². The van der Waals surface area contributed by atoms with E-state index in [0.29, 0.717) is 33.9 Å². The van der Waals surface area contributed by atoms with Crippen LogP contribution in [-0.2, 0) is 16.0 Å². The summed E-state index contributed by atoms with van der Waals surface area (Å²) in [5.74, 6) is 0.342. The SMILES string of the molecule is CCc1nc2n(n1)C(CC(=O)Nc1cc(Cl)cc(Cl)c1)C(=O)N2. The molecule has 3 rings (SSSR count). The topological polar surface area (TPSA) is 88.9 Å². The second-order valence-electron chi connectivity index (χ2n) is 5.07. The first-order chi connectivity index (χ1) is 11.0. The van der Waals surface area contributed by atoms with Crippen molar-refractivity contribution in [3.05, 3.63) is 34.1 Å². The number of rotatable bonds is 4. The molecule has 0 saturated carbocycles. The zero-order valence-corrected chi connectivity index (χ0v) is 13.6. The lowest BCUT2D eigenvalue weighted by Crippen LogP contribution is -2.24. The number of carbonyl (C=O) groups excluding carboxylic acids is 2. The van der Waals surface area contributed by atoms with Crippen LogP contribution in [-0.4, -0.2) is 26.6 Å². The van der Waals surface area contributed by atoms with Crippen LogP contribution in [0.5, 0.6) is 0 Å². The summed E-state index contributed by atoms with van der Waals surface area (Å²) in [5.41, 5.74) is 0.471. The van der Waals surface area contributed by atoms with Crippen molar-refractivity contribution >= 4 is 46.7 Å². The van der Waals surface area contributed by atoms with Gasteiger partial charge in [-0.25, -0.2) is 4.68 Å². The summed E-state index contributed by atoms with van der Waals surface area (Å²) in [4.78, 5) is 28.3. The number of benzene rings is 1. The molecule has 7 nitrogen and oxygen atoms in total. The Kier molecular flexibility index (Phi) is 4.23. The highest BCUT2D eigenvalue weighted by Gasteiger charge is 2.34. The van der Waals surface area contributed by atoms with E-state index in [0.717, 1.165) is 0 Å². The van der Waals surface area contributed by atoms with Crippen molar-refractivity contribution in [2.45, 2.75) is 25.8 Å². The number of anilines is 2. The van der Waals surface area contributed by atoms with E-state index in [9.17, 15) is 9.59 Å². The minimum atomic E-state index is -0.715. The van der Waals surface area contributed by atoms with E-state index in [1.54, 1.807) is 18.2 Å². The Labute approximate surface area is 142 Å². The summed E-state index contributed by atoms with van der Waals surface area (Å²) in [5, 5.41) is 10.3. The number of carbonyl (C=O) groups is 2. The molecule has 0 bridgehead atoms. The zero-order valence-electron chi connectivity index (χ0n) is 12.1. The molecule has 0 radical (unpaired) electrons. The molecule has 1 unspecified atom stereocenters. The fourth-order valence-electron chi connectivity index (χ4n) is 2.32. The van der Waals surface area contributed by atoms with E-state index in [1.807, 2.05) is 6.92 Å². The highest BCUT2D eigenvalue weighted by Crippen LogP contribution is 2.26. The number of nitrogens with zero attached hydrogens (tertiary/aromatic N) is 3. The lowest BCUT2D eigenvalue weighted by Gasteiger charge is -2.10. The Bertz CT molecular complexity index is 769. The van der Waals surface area contributed by atoms with E-state index in [2.05, 4.69) is 20.7 Å². The summed E-state index contributed by atoms with van der Waals surface area (Å²) in [6.45, 7) is 1.91. The third-order valence-corrected chi connectivity index (χ3v) is 3.79. The number of aromatic nitrogens is 3. The average Bonchev–Trinajstić information content (AvgIpc) is 2.97. The van der Waals surface area contributed by atoms with Crippen LogP contribution in [0.25, 0.3) is 0 Å². The smallest absolute Gasteiger partial charge is 0.252 e.